The van der Waals surface area contributed by atoms with Gasteiger partial charge < -0.3 is 14.7 Å². The van der Waals surface area contributed by atoms with Crippen molar-refractivity contribution in [3.8, 4) is 0 Å². The van der Waals surface area contributed by atoms with Crippen LogP contribution >= 0.6 is 12.4 Å². The summed E-state index contributed by atoms with van der Waals surface area (Å²) in [5.74, 6) is 0.264. The molecule has 1 N–H and O–H groups in total. The minimum absolute atomic E-state index is 0. The summed E-state index contributed by atoms with van der Waals surface area (Å²) in [6, 6.07) is 2.16. The molecule has 0 saturated carbocycles. The minimum atomic E-state index is -0.0681. The van der Waals surface area contributed by atoms with E-state index in [0.717, 1.165) is 12.2 Å². The highest BCUT2D eigenvalue weighted by atomic mass is 35.5. The number of aryl methyl sites for hydroxylation is 1. The number of nitrogens with one attached hydrogen (secondary N) is 1. The lowest BCUT2D eigenvalue weighted by Crippen LogP contribution is -2.57. The molecule has 0 radical (unpaired) electrons. The molecule has 0 bridgehead atoms. The number of halogens is 1. The Hall–Kier alpha value is -1.07. The highest BCUT2D eigenvalue weighted by Crippen LogP contribution is 2.14. The van der Waals surface area contributed by atoms with Crippen LogP contribution in [0.5, 0.6) is 0 Å². The Morgan fingerprint density at radius 3 is 2.88 bits per heavy atom. The Bertz CT molecular complexity index is 394. The largest absolute Gasteiger partial charge is 0.351 e. The summed E-state index contributed by atoms with van der Waals surface area (Å²) in [5, 5.41) is 7.07. The Balaban J connectivity index is 0.00000144. The van der Waals surface area contributed by atoms with E-state index in [0.29, 0.717) is 18.3 Å². The second-order valence-corrected chi connectivity index (χ2v) is 4.31. The van der Waals surface area contributed by atoms with Crippen molar-refractivity contribution in [1.82, 2.24) is 15.4 Å². The van der Waals surface area contributed by atoms with Crippen LogP contribution in [0, 0.1) is 6.92 Å². The van der Waals surface area contributed by atoms with Crippen LogP contribution in [0.4, 0.5) is 0 Å². The zero-order valence-electron chi connectivity index (χ0n) is 10.3. The second kappa shape index (κ2) is 5.51. The molecule has 0 aliphatic carbocycles. The Labute approximate surface area is 107 Å². The van der Waals surface area contributed by atoms with Gasteiger partial charge in [-0.2, -0.15) is 0 Å². The first-order chi connectivity index (χ1) is 7.59. The second-order valence-electron chi connectivity index (χ2n) is 4.31. The first-order valence-electron chi connectivity index (χ1n) is 5.57. The van der Waals surface area contributed by atoms with Crippen molar-refractivity contribution in [2.75, 3.05) is 13.1 Å². The molecule has 1 fully saturated rings. The van der Waals surface area contributed by atoms with Gasteiger partial charge in [0.05, 0.1) is 5.69 Å². The van der Waals surface area contributed by atoms with E-state index in [1.807, 2.05) is 18.7 Å². The quantitative estimate of drug-likeness (QED) is 0.824. The zero-order chi connectivity index (χ0) is 11.7. The minimum Gasteiger partial charge on any atom is -0.351 e. The summed E-state index contributed by atoms with van der Waals surface area (Å²) in [7, 11) is 0. The average Bonchev–Trinajstić information content (AvgIpc) is 2.68. The summed E-state index contributed by atoms with van der Waals surface area (Å²) in [4.78, 5) is 14.0. The van der Waals surface area contributed by atoms with Gasteiger partial charge in [0, 0.05) is 31.2 Å². The van der Waals surface area contributed by atoms with E-state index in [2.05, 4.69) is 17.4 Å². The third-order valence-corrected chi connectivity index (χ3v) is 3.13. The average molecular weight is 260 g/mol. The van der Waals surface area contributed by atoms with Crippen molar-refractivity contribution in [2.24, 2.45) is 0 Å². The number of aromatic nitrogens is 1. The maximum absolute atomic E-state index is 12.1. The van der Waals surface area contributed by atoms with E-state index in [1.54, 1.807) is 6.07 Å². The molecule has 5 nitrogen and oxygen atoms in total. The molecule has 1 aliphatic rings. The van der Waals surface area contributed by atoms with Crippen LogP contribution in [0.15, 0.2) is 10.6 Å². The molecule has 0 aromatic carbocycles. The standard InChI is InChI=1S/C11H17N3O2.ClH/c1-7-6-10(16-13-7)11(15)14-5-4-12-8(2)9(14)3;/h6,8-9,12H,4-5H2,1-3H3;1H. The van der Waals surface area contributed by atoms with Gasteiger partial charge in [-0.3, -0.25) is 4.79 Å². The van der Waals surface area contributed by atoms with Gasteiger partial charge in [0.2, 0.25) is 5.76 Å². The van der Waals surface area contributed by atoms with Crippen molar-refractivity contribution in [1.29, 1.82) is 0 Å². The van der Waals surface area contributed by atoms with E-state index in [-0.39, 0.29) is 24.4 Å². The first kappa shape index (κ1) is 14.0. The van der Waals surface area contributed by atoms with Gasteiger partial charge in [0.15, 0.2) is 0 Å². The smallest absolute Gasteiger partial charge is 0.292 e. The molecular weight excluding hydrogens is 242 g/mol. The molecule has 1 aromatic heterocycles. The molecule has 2 heterocycles. The van der Waals surface area contributed by atoms with E-state index in [4.69, 9.17) is 4.52 Å². The monoisotopic (exact) mass is 259 g/mol. The SMILES string of the molecule is Cc1cc(C(=O)N2CCNC(C)C2C)on1.Cl. The molecule has 6 heteroatoms. The van der Waals surface area contributed by atoms with Crippen LogP contribution in [0.3, 0.4) is 0 Å². The number of rotatable bonds is 1. The van der Waals surface area contributed by atoms with Gasteiger partial charge >= 0.3 is 0 Å². The molecule has 1 amide bonds. The number of amides is 1. The molecule has 1 aromatic rings. The topological polar surface area (TPSA) is 58.4 Å². The van der Waals surface area contributed by atoms with Crippen molar-refractivity contribution in [3.63, 3.8) is 0 Å². The Kier molecular flexibility index (Phi) is 4.54. The van der Waals surface area contributed by atoms with Crippen molar-refractivity contribution in [2.45, 2.75) is 32.9 Å². The highest BCUT2D eigenvalue weighted by Gasteiger charge is 2.30. The molecule has 17 heavy (non-hydrogen) atoms. The number of piperazine rings is 1. The van der Waals surface area contributed by atoms with Crippen molar-refractivity contribution in [3.05, 3.63) is 17.5 Å². The molecular formula is C11H18ClN3O2. The fourth-order valence-electron chi connectivity index (χ4n) is 1.95. The fraction of sp³-hybridized carbons (Fsp3) is 0.636. The fourth-order valence-corrected chi connectivity index (χ4v) is 1.95. The van der Waals surface area contributed by atoms with Gasteiger partial charge in [-0.1, -0.05) is 5.16 Å². The van der Waals surface area contributed by atoms with Gasteiger partial charge in [-0.05, 0) is 20.8 Å². The lowest BCUT2D eigenvalue weighted by atomic mass is 10.1. The van der Waals surface area contributed by atoms with E-state index in [9.17, 15) is 4.79 Å². The lowest BCUT2D eigenvalue weighted by Gasteiger charge is -2.37. The van der Waals surface area contributed by atoms with E-state index < -0.39 is 0 Å². The number of nitrogens with zero attached hydrogens (tertiary/aromatic N) is 2. The van der Waals surface area contributed by atoms with Gasteiger partial charge in [0.25, 0.3) is 5.91 Å². The highest BCUT2D eigenvalue weighted by molar-refractivity contribution is 5.91. The molecule has 2 rings (SSSR count). The maximum atomic E-state index is 12.1. The van der Waals surface area contributed by atoms with Crippen LogP contribution in [0.1, 0.15) is 30.1 Å². The Morgan fingerprint density at radius 1 is 1.59 bits per heavy atom. The molecule has 2 atom stereocenters. The van der Waals surface area contributed by atoms with Crippen LogP contribution < -0.4 is 5.32 Å². The summed E-state index contributed by atoms with van der Waals surface area (Å²) in [5.41, 5.74) is 0.735. The third-order valence-electron chi connectivity index (χ3n) is 3.13. The molecule has 1 saturated heterocycles. The number of hydrogen-bond donors (Lipinski definition) is 1. The zero-order valence-corrected chi connectivity index (χ0v) is 11.1. The summed E-state index contributed by atoms with van der Waals surface area (Å²) >= 11 is 0. The molecule has 2 unspecified atom stereocenters. The number of hydrogen-bond acceptors (Lipinski definition) is 4. The Morgan fingerprint density at radius 2 is 2.29 bits per heavy atom. The predicted octanol–water partition coefficient (Wildman–Crippen LogP) is 1.23. The van der Waals surface area contributed by atoms with Gasteiger partial charge in [-0.25, -0.2) is 0 Å². The summed E-state index contributed by atoms with van der Waals surface area (Å²) < 4.78 is 5.00. The predicted molar refractivity (Wildman–Crippen MR) is 66.5 cm³/mol. The van der Waals surface area contributed by atoms with Crippen molar-refractivity contribution >= 4 is 18.3 Å². The van der Waals surface area contributed by atoms with Gasteiger partial charge in [0.1, 0.15) is 0 Å². The number of carbonyl (C=O) groups excluding carboxylic acids is 1. The normalized spacial score (nSPS) is 24.3. The van der Waals surface area contributed by atoms with E-state index >= 15 is 0 Å². The number of carbonyl (C=O) groups is 1. The molecule has 1 aliphatic heterocycles. The van der Waals surface area contributed by atoms with Gasteiger partial charge in [-0.15, -0.1) is 12.4 Å². The van der Waals surface area contributed by atoms with Crippen LogP contribution in [-0.2, 0) is 0 Å². The summed E-state index contributed by atoms with van der Waals surface area (Å²) in [6.07, 6.45) is 0. The van der Waals surface area contributed by atoms with Crippen LogP contribution in [0.2, 0.25) is 0 Å². The molecule has 0 spiro atoms. The molecule has 96 valence electrons. The van der Waals surface area contributed by atoms with Crippen molar-refractivity contribution < 1.29 is 9.32 Å². The van der Waals surface area contributed by atoms with Crippen LogP contribution in [0.25, 0.3) is 0 Å². The van der Waals surface area contributed by atoms with E-state index in [1.165, 1.54) is 0 Å². The third kappa shape index (κ3) is 2.79. The first-order valence-corrected chi connectivity index (χ1v) is 5.57. The maximum Gasteiger partial charge on any atom is 0.292 e. The van der Waals surface area contributed by atoms with Crippen LogP contribution in [-0.4, -0.2) is 41.1 Å². The lowest BCUT2D eigenvalue weighted by molar-refractivity contribution is 0.0561. The summed E-state index contributed by atoms with van der Waals surface area (Å²) in [6.45, 7) is 7.46.